The highest BCUT2D eigenvalue weighted by atomic mass is 35.5. The summed E-state index contributed by atoms with van der Waals surface area (Å²) < 4.78 is 53.8. The summed E-state index contributed by atoms with van der Waals surface area (Å²) in [5, 5.41) is 9.91. The monoisotopic (exact) mass is 347 g/mol. The molecule has 0 amide bonds. The molecule has 2 rings (SSSR count). The number of sulfonamides is 1. The molecule has 0 fully saturated rings. The van der Waals surface area contributed by atoms with E-state index in [2.05, 4.69) is 4.72 Å². The van der Waals surface area contributed by atoms with Gasteiger partial charge in [-0.2, -0.15) is 0 Å². The molecule has 0 aliphatic heterocycles. The van der Waals surface area contributed by atoms with Crippen LogP contribution in [0.1, 0.15) is 0 Å². The molecule has 0 saturated heterocycles. The molecule has 118 valence electrons. The highest BCUT2D eigenvalue weighted by Crippen LogP contribution is 2.35. The van der Waals surface area contributed by atoms with Crippen molar-refractivity contribution >= 4 is 21.6 Å². The maximum Gasteiger partial charge on any atom is 0.240 e. The zero-order chi connectivity index (χ0) is 16.3. The number of hydrogen-bond donors (Lipinski definition) is 2. The minimum Gasteiger partial charge on any atom is -0.507 e. The summed E-state index contributed by atoms with van der Waals surface area (Å²) in [4.78, 5) is -0.465. The molecule has 22 heavy (non-hydrogen) atoms. The second-order valence-electron chi connectivity index (χ2n) is 4.37. The third kappa shape index (κ3) is 3.37. The first kappa shape index (κ1) is 16.7. The second-order valence-corrected chi connectivity index (χ2v) is 6.51. The number of aromatic hydroxyl groups is 1. The summed E-state index contributed by atoms with van der Waals surface area (Å²) >= 11 is 5.39. The van der Waals surface area contributed by atoms with Crippen LogP contribution in [0.4, 0.5) is 8.78 Å². The molecule has 0 aliphatic rings. The number of hydrogen-bond acceptors (Lipinski definition) is 3. The molecule has 0 atom stereocenters. The van der Waals surface area contributed by atoms with Crippen LogP contribution in [0.5, 0.6) is 5.75 Å². The molecule has 8 heteroatoms. The molecule has 2 N–H and O–H groups in total. The molecule has 0 spiro atoms. The van der Waals surface area contributed by atoms with Crippen LogP contribution in [-0.4, -0.2) is 25.9 Å². The van der Waals surface area contributed by atoms with Crippen LogP contribution in [-0.2, 0) is 10.0 Å². The molecular weight excluding hydrogens is 336 g/mol. The van der Waals surface area contributed by atoms with Crippen molar-refractivity contribution in [3.8, 4) is 16.9 Å². The summed E-state index contributed by atoms with van der Waals surface area (Å²) in [5.74, 6) is -2.40. The van der Waals surface area contributed by atoms with Crippen LogP contribution in [0, 0.1) is 11.6 Å². The van der Waals surface area contributed by atoms with Gasteiger partial charge in [-0.15, -0.1) is 11.6 Å². The Morgan fingerprint density at radius 1 is 1.14 bits per heavy atom. The van der Waals surface area contributed by atoms with Crippen LogP contribution < -0.4 is 4.72 Å². The summed E-state index contributed by atoms with van der Waals surface area (Å²) in [5.41, 5.74) is -0.551. The SMILES string of the molecule is O=S(=O)(NCCCl)c1cc(O)c(-c2ccccc2F)c(F)c1. The number of benzene rings is 2. The largest absolute Gasteiger partial charge is 0.507 e. The third-order valence-corrected chi connectivity index (χ3v) is 4.51. The Morgan fingerprint density at radius 2 is 1.82 bits per heavy atom. The molecule has 0 radical (unpaired) electrons. The fourth-order valence-corrected chi connectivity index (χ4v) is 3.18. The third-order valence-electron chi connectivity index (χ3n) is 2.88. The van der Waals surface area contributed by atoms with Gasteiger partial charge in [0.15, 0.2) is 0 Å². The summed E-state index contributed by atoms with van der Waals surface area (Å²) in [6.45, 7) is -0.0403. The van der Waals surface area contributed by atoms with Crippen molar-refractivity contribution in [1.82, 2.24) is 4.72 Å². The predicted octanol–water partition coefficient (Wildman–Crippen LogP) is 2.85. The van der Waals surface area contributed by atoms with Crippen LogP contribution >= 0.6 is 11.6 Å². The molecule has 0 unspecified atom stereocenters. The summed E-state index contributed by atoms with van der Waals surface area (Å²) in [6.07, 6.45) is 0. The predicted molar refractivity (Wildman–Crippen MR) is 79.4 cm³/mol. The average Bonchev–Trinajstić information content (AvgIpc) is 2.46. The van der Waals surface area contributed by atoms with Crippen molar-refractivity contribution in [1.29, 1.82) is 0 Å². The summed E-state index contributed by atoms with van der Waals surface area (Å²) in [6, 6.07) is 6.88. The van der Waals surface area contributed by atoms with E-state index in [-0.39, 0.29) is 18.0 Å². The van der Waals surface area contributed by atoms with E-state index >= 15 is 0 Å². The molecule has 0 aliphatic carbocycles. The van der Waals surface area contributed by atoms with Crippen LogP contribution in [0.15, 0.2) is 41.3 Å². The van der Waals surface area contributed by atoms with Gasteiger partial charge >= 0.3 is 0 Å². The average molecular weight is 348 g/mol. The second kappa shape index (κ2) is 6.60. The molecule has 2 aromatic carbocycles. The van der Waals surface area contributed by atoms with E-state index in [1.807, 2.05) is 0 Å². The van der Waals surface area contributed by atoms with Crippen molar-refractivity contribution in [3.63, 3.8) is 0 Å². The first-order valence-corrected chi connectivity index (χ1v) is 8.21. The molecule has 0 heterocycles. The Balaban J connectivity index is 2.53. The van der Waals surface area contributed by atoms with Crippen LogP contribution in [0.3, 0.4) is 0 Å². The fourth-order valence-electron chi connectivity index (χ4n) is 1.91. The van der Waals surface area contributed by atoms with Gasteiger partial charge < -0.3 is 5.11 Å². The molecule has 4 nitrogen and oxygen atoms in total. The number of phenolic OH excluding ortho intramolecular Hbond substituents is 1. The molecule has 2 aromatic rings. The smallest absolute Gasteiger partial charge is 0.240 e. The lowest BCUT2D eigenvalue weighted by molar-refractivity contribution is 0.468. The van der Waals surface area contributed by atoms with Gasteiger partial charge in [-0.05, 0) is 12.1 Å². The first-order valence-electron chi connectivity index (χ1n) is 6.20. The zero-order valence-corrected chi connectivity index (χ0v) is 12.8. The van der Waals surface area contributed by atoms with Gasteiger partial charge in [0.2, 0.25) is 10.0 Å². The van der Waals surface area contributed by atoms with E-state index < -0.39 is 37.9 Å². The van der Waals surface area contributed by atoms with Gasteiger partial charge in [0.1, 0.15) is 17.4 Å². The van der Waals surface area contributed by atoms with Crippen molar-refractivity contribution in [3.05, 3.63) is 48.0 Å². The minimum absolute atomic E-state index is 0.0403. The normalized spacial score (nSPS) is 11.6. The van der Waals surface area contributed by atoms with E-state index in [9.17, 15) is 22.3 Å². The lowest BCUT2D eigenvalue weighted by atomic mass is 10.0. The van der Waals surface area contributed by atoms with Crippen LogP contribution in [0.25, 0.3) is 11.1 Å². The first-order chi connectivity index (χ1) is 10.4. The molecular formula is C14H12ClF2NO3S. The van der Waals surface area contributed by atoms with E-state index in [4.69, 9.17) is 11.6 Å². The minimum atomic E-state index is -4.00. The number of halogens is 3. The topological polar surface area (TPSA) is 66.4 Å². The van der Waals surface area contributed by atoms with Crippen LogP contribution in [0.2, 0.25) is 0 Å². The Bertz CT molecular complexity index is 773. The maximum absolute atomic E-state index is 14.2. The van der Waals surface area contributed by atoms with Gasteiger partial charge in [-0.3, -0.25) is 0 Å². The highest BCUT2D eigenvalue weighted by Gasteiger charge is 2.21. The maximum atomic E-state index is 14.2. The van der Waals surface area contributed by atoms with Gasteiger partial charge in [0, 0.05) is 24.1 Å². The van der Waals surface area contributed by atoms with Crippen molar-refractivity contribution in [2.24, 2.45) is 0 Å². The van der Waals surface area contributed by atoms with Crippen molar-refractivity contribution in [2.75, 3.05) is 12.4 Å². The fraction of sp³-hybridized carbons (Fsp3) is 0.143. The van der Waals surface area contributed by atoms with Crippen molar-refractivity contribution < 1.29 is 22.3 Å². The van der Waals surface area contributed by atoms with E-state index in [0.29, 0.717) is 0 Å². The van der Waals surface area contributed by atoms with Gasteiger partial charge in [0.25, 0.3) is 0 Å². The van der Waals surface area contributed by atoms with Gasteiger partial charge in [-0.25, -0.2) is 21.9 Å². The Hall–Kier alpha value is -1.70. The Kier molecular flexibility index (Phi) is 5.00. The number of nitrogens with one attached hydrogen (secondary N) is 1. The van der Waals surface area contributed by atoms with E-state index in [1.54, 1.807) is 0 Å². The molecule has 0 aromatic heterocycles. The lowest BCUT2D eigenvalue weighted by Crippen LogP contribution is -2.25. The van der Waals surface area contributed by atoms with E-state index in [0.717, 1.165) is 18.2 Å². The quantitative estimate of drug-likeness (QED) is 0.817. The number of alkyl halides is 1. The highest BCUT2D eigenvalue weighted by molar-refractivity contribution is 7.89. The van der Waals surface area contributed by atoms with E-state index in [1.165, 1.54) is 18.2 Å². The lowest BCUT2D eigenvalue weighted by Gasteiger charge is -2.11. The van der Waals surface area contributed by atoms with Crippen molar-refractivity contribution in [2.45, 2.75) is 4.90 Å². The van der Waals surface area contributed by atoms with Gasteiger partial charge in [-0.1, -0.05) is 18.2 Å². The number of phenols is 1. The Morgan fingerprint density at radius 3 is 2.41 bits per heavy atom. The number of rotatable bonds is 5. The standard InChI is InChI=1S/C14H12ClF2NO3S/c15-5-6-18-22(20,21)9-7-12(17)14(13(19)8-9)10-3-1-2-4-11(10)16/h1-4,7-8,18-19H,5-6H2. The zero-order valence-electron chi connectivity index (χ0n) is 11.2. The summed E-state index contributed by atoms with van der Waals surface area (Å²) in [7, 11) is -4.00. The Labute approximate surface area is 131 Å². The van der Waals surface area contributed by atoms with Gasteiger partial charge in [0.05, 0.1) is 10.5 Å². The molecule has 0 saturated carbocycles. The molecule has 0 bridgehead atoms.